The smallest absolute Gasteiger partial charge is 0.465 e. The van der Waals surface area contributed by atoms with E-state index in [9.17, 15) is 18.9 Å². The van der Waals surface area contributed by atoms with Crippen molar-refractivity contribution in [2.75, 3.05) is 59.8 Å². The number of carbonyl (C=O) groups excluding carboxylic acids is 3. The monoisotopic (exact) mass is 499 g/mol. The molecule has 0 aromatic carbocycles. The standard InChI is InChI=1S/C18H34N3O11P/c1-5-26-15(22)14-21(4)16(19)20-33(25,31-12-8-10-29-17(23)27-6-2)32-13-9-11-30-18(24)28-7-3/h5-14H2,1-4H3,(H2,19,20,25). The lowest BCUT2D eigenvalue weighted by Gasteiger charge is -2.20. The average Bonchev–Trinajstić information content (AvgIpc) is 2.73. The van der Waals surface area contributed by atoms with Crippen molar-refractivity contribution in [2.45, 2.75) is 33.6 Å². The van der Waals surface area contributed by atoms with E-state index < -0.39 is 26.0 Å². The first-order chi connectivity index (χ1) is 15.7. The number of hydrogen-bond donors (Lipinski definition) is 1. The molecule has 2 N–H and O–H groups in total. The number of ether oxygens (including phenoxy) is 5. The van der Waals surface area contributed by atoms with Crippen LogP contribution in [0, 0.1) is 0 Å². The molecule has 0 atom stereocenters. The summed E-state index contributed by atoms with van der Waals surface area (Å²) in [6.45, 7) is 4.85. The van der Waals surface area contributed by atoms with Gasteiger partial charge in [0.1, 0.15) is 6.54 Å². The second kappa shape index (κ2) is 17.9. The molecule has 0 spiro atoms. The highest BCUT2D eigenvalue weighted by atomic mass is 31.2. The highest BCUT2D eigenvalue weighted by molar-refractivity contribution is 7.52. The minimum atomic E-state index is -4.12. The van der Waals surface area contributed by atoms with E-state index in [0.29, 0.717) is 0 Å². The summed E-state index contributed by atoms with van der Waals surface area (Å²) in [6, 6.07) is 0. The third kappa shape index (κ3) is 15.8. The number of rotatable bonds is 16. The van der Waals surface area contributed by atoms with Crippen LogP contribution >= 0.6 is 7.75 Å². The van der Waals surface area contributed by atoms with Gasteiger partial charge in [-0.3, -0.25) is 13.8 Å². The number of carbonyl (C=O) groups is 3. The maximum Gasteiger partial charge on any atom is 0.508 e. The number of esters is 1. The summed E-state index contributed by atoms with van der Waals surface area (Å²) < 4.78 is 51.0. The quantitative estimate of drug-likeness (QED) is 0.0816. The van der Waals surface area contributed by atoms with Gasteiger partial charge in [-0.1, -0.05) is 0 Å². The Hall–Kier alpha value is -2.57. The van der Waals surface area contributed by atoms with Crippen LogP contribution < -0.4 is 5.73 Å². The molecule has 0 saturated carbocycles. The molecule has 15 heteroatoms. The van der Waals surface area contributed by atoms with E-state index in [2.05, 4.69) is 14.2 Å². The number of hydrogen-bond acceptors (Lipinski definition) is 11. The molecule has 14 nitrogen and oxygen atoms in total. The summed E-state index contributed by atoms with van der Waals surface area (Å²) in [4.78, 5) is 35.1. The molecule has 0 amide bonds. The fourth-order valence-electron chi connectivity index (χ4n) is 1.89. The van der Waals surface area contributed by atoms with Crippen molar-refractivity contribution < 1.29 is 51.7 Å². The number of nitrogens with zero attached hydrogens (tertiary/aromatic N) is 2. The first kappa shape index (κ1) is 30.4. The van der Waals surface area contributed by atoms with Crippen LogP contribution in [0.4, 0.5) is 9.59 Å². The van der Waals surface area contributed by atoms with Gasteiger partial charge in [0, 0.05) is 19.9 Å². The molecule has 0 rings (SSSR count). The second-order valence-electron chi connectivity index (χ2n) is 6.02. The Kier molecular flexibility index (Phi) is 16.5. The Morgan fingerprint density at radius 2 is 1.24 bits per heavy atom. The van der Waals surface area contributed by atoms with Crippen molar-refractivity contribution in [1.29, 1.82) is 0 Å². The van der Waals surface area contributed by atoms with Gasteiger partial charge in [-0.05, 0) is 20.8 Å². The zero-order chi connectivity index (χ0) is 25.1. The summed E-state index contributed by atoms with van der Waals surface area (Å²) in [7, 11) is -2.67. The Labute approximate surface area is 193 Å². The third-order valence-electron chi connectivity index (χ3n) is 3.34. The molecule has 0 aromatic rings. The van der Waals surface area contributed by atoms with Crippen molar-refractivity contribution in [3.8, 4) is 0 Å². The minimum absolute atomic E-state index is 0.0474. The first-order valence-electron chi connectivity index (χ1n) is 10.4. The number of nitrogens with two attached hydrogens (primary N) is 1. The molecule has 192 valence electrons. The molecule has 0 heterocycles. The Balaban J connectivity index is 4.87. The molecular formula is C18H34N3O11P. The fourth-order valence-corrected chi connectivity index (χ4v) is 3.20. The Morgan fingerprint density at radius 1 is 0.788 bits per heavy atom. The van der Waals surface area contributed by atoms with Crippen LogP contribution in [0.5, 0.6) is 0 Å². The van der Waals surface area contributed by atoms with Crippen molar-refractivity contribution >= 4 is 32.0 Å². The zero-order valence-corrected chi connectivity index (χ0v) is 20.4. The van der Waals surface area contributed by atoms with Crippen molar-refractivity contribution in [2.24, 2.45) is 10.5 Å². The van der Waals surface area contributed by atoms with Gasteiger partial charge in [0.25, 0.3) is 0 Å². The Morgan fingerprint density at radius 3 is 1.67 bits per heavy atom. The molecule has 0 aliphatic heterocycles. The van der Waals surface area contributed by atoms with Gasteiger partial charge in [0.15, 0.2) is 0 Å². The van der Waals surface area contributed by atoms with Gasteiger partial charge in [-0.15, -0.1) is 4.76 Å². The molecule has 0 aliphatic rings. The van der Waals surface area contributed by atoms with Gasteiger partial charge < -0.3 is 34.3 Å². The molecule has 0 saturated heterocycles. The molecule has 0 fully saturated rings. The number of likely N-dealkylation sites (N-methyl/N-ethyl adjacent to an activating group) is 1. The van der Waals surface area contributed by atoms with Crippen molar-refractivity contribution in [3.63, 3.8) is 0 Å². The maximum atomic E-state index is 13.0. The maximum absolute atomic E-state index is 13.0. The van der Waals surface area contributed by atoms with Crippen LogP contribution in [0.3, 0.4) is 0 Å². The van der Waals surface area contributed by atoms with Gasteiger partial charge >= 0.3 is 26.0 Å². The van der Waals surface area contributed by atoms with E-state index in [1.54, 1.807) is 20.8 Å². The van der Waals surface area contributed by atoms with Crippen LogP contribution in [0.15, 0.2) is 4.76 Å². The highest BCUT2D eigenvalue weighted by Crippen LogP contribution is 2.50. The molecule has 0 bridgehead atoms. The molecular weight excluding hydrogens is 465 g/mol. The van der Waals surface area contributed by atoms with Crippen LogP contribution in [0.2, 0.25) is 0 Å². The van der Waals surface area contributed by atoms with E-state index in [1.165, 1.54) is 11.9 Å². The summed E-state index contributed by atoms with van der Waals surface area (Å²) in [5.41, 5.74) is 5.82. The molecule has 33 heavy (non-hydrogen) atoms. The topological polar surface area (TPSA) is 175 Å². The highest BCUT2D eigenvalue weighted by Gasteiger charge is 2.26. The minimum Gasteiger partial charge on any atom is -0.465 e. The molecule has 0 unspecified atom stereocenters. The van der Waals surface area contributed by atoms with Crippen LogP contribution in [-0.4, -0.2) is 89.0 Å². The zero-order valence-electron chi connectivity index (χ0n) is 19.5. The van der Waals surface area contributed by atoms with E-state index in [1.807, 2.05) is 0 Å². The van der Waals surface area contributed by atoms with Gasteiger partial charge in [-0.2, -0.15) is 0 Å². The average molecular weight is 499 g/mol. The normalized spacial score (nSPS) is 11.5. The van der Waals surface area contributed by atoms with E-state index >= 15 is 0 Å². The lowest BCUT2D eigenvalue weighted by atomic mass is 10.5. The van der Waals surface area contributed by atoms with Gasteiger partial charge in [0.05, 0.1) is 46.2 Å². The van der Waals surface area contributed by atoms with Gasteiger partial charge in [-0.25, -0.2) is 14.2 Å². The van der Waals surface area contributed by atoms with Crippen molar-refractivity contribution in [3.05, 3.63) is 0 Å². The Bertz CT molecular complexity index is 643. The summed E-state index contributed by atoms with van der Waals surface area (Å²) in [5, 5.41) is 0. The fraction of sp³-hybridized carbons (Fsp3) is 0.778. The summed E-state index contributed by atoms with van der Waals surface area (Å²) >= 11 is 0. The van der Waals surface area contributed by atoms with E-state index in [-0.39, 0.29) is 71.6 Å². The van der Waals surface area contributed by atoms with Crippen LogP contribution in [0.1, 0.15) is 33.6 Å². The molecule has 0 radical (unpaired) electrons. The second-order valence-corrected chi connectivity index (χ2v) is 7.68. The van der Waals surface area contributed by atoms with Crippen LogP contribution in [0.25, 0.3) is 0 Å². The lowest BCUT2D eigenvalue weighted by molar-refractivity contribution is -0.143. The van der Waals surface area contributed by atoms with Crippen molar-refractivity contribution in [1.82, 2.24) is 4.90 Å². The molecule has 0 aromatic heterocycles. The number of guanidine groups is 1. The first-order valence-corrected chi connectivity index (χ1v) is 11.9. The summed E-state index contributed by atoms with van der Waals surface area (Å²) in [6.07, 6.45) is -1.32. The van der Waals surface area contributed by atoms with Gasteiger partial charge in [0.2, 0.25) is 5.96 Å². The third-order valence-corrected chi connectivity index (χ3v) is 4.81. The van der Waals surface area contributed by atoms with E-state index in [4.69, 9.17) is 29.0 Å². The SMILES string of the molecule is CCOC(=O)CN(C)/C(N)=N/P(=O)(OCCCOC(=O)OCC)OCCCOC(=O)OCC. The predicted molar refractivity (Wildman–Crippen MR) is 116 cm³/mol. The molecule has 0 aliphatic carbocycles. The van der Waals surface area contributed by atoms with E-state index in [0.717, 1.165) is 0 Å². The van der Waals surface area contributed by atoms with Crippen LogP contribution in [-0.2, 0) is 42.1 Å². The largest absolute Gasteiger partial charge is 0.508 e. The summed E-state index contributed by atoms with van der Waals surface area (Å²) in [5.74, 6) is -0.834. The predicted octanol–water partition coefficient (Wildman–Crippen LogP) is 2.06. The lowest BCUT2D eigenvalue weighted by Crippen LogP contribution is -2.38.